The van der Waals surface area contributed by atoms with Crippen LogP contribution in [0.3, 0.4) is 0 Å². The SMILES string of the molecule is CC(C(=O)NCc1cccc(N(C)C)n1)N1Cc2ccc(B3OC(C)(C)C(C)(C)O3)cc2C1=O. The molecule has 0 saturated carbocycles. The van der Waals surface area contributed by atoms with Gasteiger partial charge in [-0.1, -0.05) is 18.2 Å². The fraction of sp³-hybridized carbons (Fsp3) is 0.480. The van der Waals surface area contributed by atoms with Crippen molar-refractivity contribution in [2.45, 2.75) is 65.0 Å². The molecule has 1 unspecified atom stereocenters. The Morgan fingerprint density at radius 3 is 2.50 bits per heavy atom. The molecule has 2 aliphatic heterocycles. The average Bonchev–Trinajstić information content (AvgIpc) is 3.23. The van der Waals surface area contributed by atoms with Gasteiger partial charge in [-0.3, -0.25) is 9.59 Å². The number of anilines is 1. The highest BCUT2D eigenvalue weighted by atomic mass is 16.7. The van der Waals surface area contributed by atoms with E-state index in [0.29, 0.717) is 18.7 Å². The van der Waals surface area contributed by atoms with Gasteiger partial charge in [-0.25, -0.2) is 4.98 Å². The number of fused-ring (bicyclic) bond motifs is 1. The van der Waals surface area contributed by atoms with Gasteiger partial charge in [0.2, 0.25) is 5.91 Å². The summed E-state index contributed by atoms with van der Waals surface area (Å²) < 4.78 is 12.3. The number of nitrogens with zero attached hydrogens (tertiary/aromatic N) is 3. The van der Waals surface area contributed by atoms with Crippen molar-refractivity contribution in [3.63, 3.8) is 0 Å². The molecule has 8 nitrogen and oxygen atoms in total. The minimum Gasteiger partial charge on any atom is -0.399 e. The monoisotopic (exact) mass is 464 g/mol. The van der Waals surface area contributed by atoms with Crippen LogP contribution < -0.4 is 15.7 Å². The van der Waals surface area contributed by atoms with E-state index in [9.17, 15) is 9.59 Å². The standard InChI is InChI=1S/C25H33BN4O4/c1-16(22(31)27-14-19-9-8-10-21(28-19)29(6)7)30-15-17-11-12-18(13-20(17)23(30)32)26-33-24(2,3)25(4,5)34-26/h8-13,16H,14-15H2,1-7H3,(H,27,31). The molecule has 1 fully saturated rings. The van der Waals surface area contributed by atoms with Gasteiger partial charge in [0.1, 0.15) is 11.9 Å². The number of carbonyl (C=O) groups is 2. The molecule has 180 valence electrons. The molecular formula is C25H33BN4O4. The molecule has 2 aliphatic rings. The van der Waals surface area contributed by atoms with E-state index in [1.54, 1.807) is 11.8 Å². The third kappa shape index (κ3) is 4.42. The number of aromatic nitrogens is 1. The minimum absolute atomic E-state index is 0.163. The van der Waals surface area contributed by atoms with Crippen LogP contribution in [0.2, 0.25) is 0 Å². The third-order valence-electron chi connectivity index (χ3n) is 7.03. The van der Waals surface area contributed by atoms with E-state index < -0.39 is 24.4 Å². The van der Waals surface area contributed by atoms with Crippen molar-refractivity contribution in [1.29, 1.82) is 0 Å². The summed E-state index contributed by atoms with van der Waals surface area (Å²) in [6.07, 6.45) is 0. The second-order valence-electron chi connectivity index (χ2n) is 10.2. The zero-order valence-electron chi connectivity index (χ0n) is 21.0. The number of hydrogen-bond acceptors (Lipinski definition) is 6. The molecule has 1 N–H and O–H groups in total. The fourth-order valence-corrected chi connectivity index (χ4v) is 4.06. The van der Waals surface area contributed by atoms with Crippen molar-refractivity contribution in [2.24, 2.45) is 0 Å². The summed E-state index contributed by atoms with van der Waals surface area (Å²) in [6, 6.07) is 10.8. The predicted molar refractivity (Wildman–Crippen MR) is 132 cm³/mol. The van der Waals surface area contributed by atoms with E-state index in [4.69, 9.17) is 9.31 Å². The van der Waals surface area contributed by atoms with Gasteiger partial charge >= 0.3 is 7.12 Å². The Bertz CT molecular complexity index is 1100. The van der Waals surface area contributed by atoms with E-state index in [2.05, 4.69) is 10.3 Å². The molecule has 2 aromatic rings. The Morgan fingerprint density at radius 1 is 1.18 bits per heavy atom. The van der Waals surface area contributed by atoms with Crippen molar-refractivity contribution in [2.75, 3.05) is 19.0 Å². The van der Waals surface area contributed by atoms with Gasteiger partial charge in [0.05, 0.1) is 23.4 Å². The highest BCUT2D eigenvalue weighted by molar-refractivity contribution is 6.62. The predicted octanol–water partition coefficient (Wildman–Crippen LogP) is 2.11. The first kappa shape index (κ1) is 24.2. The molecule has 1 atom stereocenters. The van der Waals surface area contributed by atoms with Crippen molar-refractivity contribution in [1.82, 2.24) is 15.2 Å². The molecule has 4 rings (SSSR count). The van der Waals surface area contributed by atoms with Crippen molar-refractivity contribution in [3.8, 4) is 0 Å². The third-order valence-corrected chi connectivity index (χ3v) is 7.03. The van der Waals surface area contributed by atoms with Crippen molar-refractivity contribution < 1.29 is 18.9 Å². The number of nitrogens with one attached hydrogen (secondary N) is 1. The molecule has 0 spiro atoms. The molecule has 34 heavy (non-hydrogen) atoms. The van der Waals surface area contributed by atoms with E-state index in [-0.39, 0.29) is 11.8 Å². The van der Waals surface area contributed by atoms with Crippen LogP contribution in [0, 0.1) is 0 Å². The minimum atomic E-state index is -0.614. The summed E-state index contributed by atoms with van der Waals surface area (Å²) in [5, 5.41) is 2.91. The summed E-state index contributed by atoms with van der Waals surface area (Å²) >= 11 is 0. The zero-order chi connectivity index (χ0) is 24.8. The van der Waals surface area contributed by atoms with E-state index in [1.165, 1.54) is 0 Å². The molecule has 1 saturated heterocycles. The first-order valence-electron chi connectivity index (χ1n) is 11.6. The van der Waals surface area contributed by atoms with Crippen LogP contribution in [0.1, 0.15) is 56.2 Å². The second-order valence-corrected chi connectivity index (χ2v) is 10.2. The number of pyridine rings is 1. The maximum Gasteiger partial charge on any atom is 0.494 e. The first-order chi connectivity index (χ1) is 15.9. The van der Waals surface area contributed by atoms with E-state index in [0.717, 1.165) is 22.5 Å². The maximum atomic E-state index is 13.2. The quantitative estimate of drug-likeness (QED) is 0.660. The zero-order valence-corrected chi connectivity index (χ0v) is 21.0. The Hall–Kier alpha value is -2.91. The molecule has 1 aromatic carbocycles. The van der Waals surface area contributed by atoms with Crippen LogP contribution in [-0.4, -0.2) is 60.2 Å². The fourth-order valence-electron chi connectivity index (χ4n) is 4.06. The van der Waals surface area contributed by atoms with Gasteiger partial charge in [0.15, 0.2) is 0 Å². The van der Waals surface area contributed by atoms with Crippen LogP contribution in [0.15, 0.2) is 36.4 Å². The lowest BCUT2D eigenvalue weighted by atomic mass is 9.78. The van der Waals surface area contributed by atoms with Gasteiger partial charge in [0, 0.05) is 26.2 Å². The Balaban J connectivity index is 1.42. The van der Waals surface area contributed by atoms with Gasteiger partial charge in [-0.15, -0.1) is 0 Å². The molecule has 0 radical (unpaired) electrons. The lowest BCUT2D eigenvalue weighted by Gasteiger charge is -2.32. The number of hydrogen-bond donors (Lipinski definition) is 1. The second kappa shape index (κ2) is 8.71. The Kier molecular flexibility index (Phi) is 6.20. The lowest BCUT2D eigenvalue weighted by molar-refractivity contribution is -0.125. The lowest BCUT2D eigenvalue weighted by Crippen LogP contribution is -2.45. The highest BCUT2D eigenvalue weighted by Gasteiger charge is 2.52. The van der Waals surface area contributed by atoms with Crippen LogP contribution in [-0.2, 0) is 27.2 Å². The molecule has 9 heteroatoms. The summed E-state index contributed by atoms with van der Waals surface area (Å²) in [4.78, 5) is 34.1. The Morgan fingerprint density at radius 2 is 1.85 bits per heavy atom. The summed E-state index contributed by atoms with van der Waals surface area (Å²) in [6.45, 7) is 10.4. The number of rotatable bonds is 6. The molecule has 2 amide bonds. The van der Waals surface area contributed by atoms with Crippen molar-refractivity contribution >= 4 is 30.2 Å². The summed E-state index contributed by atoms with van der Waals surface area (Å²) in [7, 11) is 3.30. The normalized spacial score (nSPS) is 19.2. The molecule has 3 heterocycles. The van der Waals surface area contributed by atoms with Gasteiger partial charge in [-0.2, -0.15) is 0 Å². The molecular weight excluding hydrogens is 431 g/mol. The number of carbonyl (C=O) groups excluding carboxylic acids is 2. The molecule has 0 bridgehead atoms. The summed E-state index contributed by atoms with van der Waals surface area (Å²) in [5.74, 6) is 0.441. The number of benzene rings is 1. The maximum absolute atomic E-state index is 13.2. The topological polar surface area (TPSA) is 84.0 Å². The van der Waals surface area contributed by atoms with E-state index >= 15 is 0 Å². The highest BCUT2D eigenvalue weighted by Crippen LogP contribution is 2.36. The van der Waals surface area contributed by atoms with Gasteiger partial charge < -0.3 is 24.4 Å². The smallest absolute Gasteiger partial charge is 0.399 e. The first-order valence-corrected chi connectivity index (χ1v) is 11.6. The van der Waals surface area contributed by atoms with Gasteiger partial charge in [-0.05, 0) is 63.8 Å². The summed E-state index contributed by atoms with van der Waals surface area (Å²) in [5.41, 5.74) is 2.13. The van der Waals surface area contributed by atoms with Crippen LogP contribution >= 0.6 is 0 Å². The van der Waals surface area contributed by atoms with E-state index in [1.807, 2.05) is 83.1 Å². The van der Waals surface area contributed by atoms with Gasteiger partial charge in [0.25, 0.3) is 5.91 Å². The average molecular weight is 464 g/mol. The van der Waals surface area contributed by atoms with Crippen molar-refractivity contribution in [3.05, 3.63) is 53.2 Å². The largest absolute Gasteiger partial charge is 0.494 e. The molecule has 1 aromatic heterocycles. The Labute approximate surface area is 201 Å². The molecule has 0 aliphatic carbocycles. The van der Waals surface area contributed by atoms with Crippen LogP contribution in [0.4, 0.5) is 5.82 Å². The number of amides is 2. The van der Waals surface area contributed by atoms with Crippen LogP contribution in [0.5, 0.6) is 0 Å². The van der Waals surface area contributed by atoms with Crippen LogP contribution in [0.25, 0.3) is 0 Å².